The number of methoxy groups -OCH3 is 1. The van der Waals surface area contributed by atoms with Gasteiger partial charge in [0.25, 0.3) is 0 Å². The number of aromatic nitrogens is 1. The molecule has 1 aliphatic carbocycles. The zero-order chi connectivity index (χ0) is 17.7. The average Bonchev–Trinajstić information content (AvgIpc) is 3.23. The summed E-state index contributed by atoms with van der Waals surface area (Å²) in [4.78, 5) is 6.04. The fourth-order valence-corrected chi connectivity index (χ4v) is 4.99. The summed E-state index contributed by atoms with van der Waals surface area (Å²) in [6.07, 6.45) is 0.949. The number of hydrogen-bond acceptors (Lipinski definition) is 4. The van der Waals surface area contributed by atoms with Gasteiger partial charge in [-0.1, -0.05) is 36.4 Å². The average molecular weight is 470 g/mol. The first kappa shape index (κ1) is 16.1. The first-order valence-corrected chi connectivity index (χ1v) is 10.2. The predicted octanol–water partition coefficient (Wildman–Crippen LogP) is 6.31. The van der Waals surface area contributed by atoms with E-state index in [4.69, 9.17) is 9.72 Å². The molecule has 0 bridgehead atoms. The second kappa shape index (κ2) is 6.25. The fraction of sp³-hybridized carbons (Fsp3) is 0.0952. The maximum atomic E-state index is 5.68. The molecule has 1 heterocycles. The number of hydrogen-bond donors (Lipinski definition) is 1. The van der Waals surface area contributed by atoms with E-state index in [1.165, 1.54) is 32.3 Å². The summed E-state index contributed by atoms with van der Waals surface area (Å²) in [5.74, 6) is 0.908. The van der Waals surface area contributed by atoms with Crippen LogP contribution in [0, 0.1) is 0 Å². The summed E-state index contributed by atoms with van der Waals surface area (Å²) in [6.45, 7) is 0. The normalized spacial score (nSPS) is 12.1. The summed E-state index contributed by atoms with van der Waals surface area (Å²) in [7, 11) is 1.74. The van der Waals surface area contributed by atoms with E-state index in [0.29, 0.717) is 0 Å². The summed E-state index contributed by atoms with van der Waals surface area (Å²) in [5.41, 5.74) is 6.03. The summed E-state index contributed by atoms with van der Waals surface area (Å²) in [5, 5.41) is 3.39. The van der Waals surface area contributed by atoms with Gasteiger partial charge in [0.05, 0.1) is 35.7 Å². The van der Waals surface area contributed by atoms with Gasteiger partial charge in [-0.2, -0.15) is 0 Å². The molecule has 0 unspecified atom stereocenters. The van der Waals surface area contributed by atoms with Gasteiger partial charge < -0.3 is 8.27 Å². The third-order valence-corrected chi connectivity index (χ3v) is 6.72. The molecule has 0 aliphatic heterocycles. The van der Waals surface area contributed by atoms with Gasteiger partial charge >= 0.3 is 0 Å². The maximum absolute atomic E-state index is 5.68. The number of benzene rings is 3. The van der Waals surface area contributed by atoms with Gasteiger partial charge in [-0.3, -0.25) is 0 Å². The number of nitrogens with one attached hydrogen (secondary N) is 1. The molecule has 0 atom stereocenters. The Morgan fingerprint density at radius 1 is 1.04 bits per heavy atom. The zero-order valence-corrected chi connectivity index (χ0v) is 17.0. The van der Waals surface area contributed by atoms with Crippen molar-refractivity contribution < 1.29 is 4.74 Å². The minimum absolute atomic E-state index is 0.908. The highest BCUT2D eigenvalue weighted by Gasteiger charge is 2.24. The van der Waals surface area contributed by atoms with Crippen molar-refractivity contribution in [1.82, 2.24) is 4.98 Å². The standard InChI is InChI=1S/C21H15IN2OS/c1-25-18-10-13-5-3-2-4-12(13)9-17(18)14-6-7-16-15(8-14)11-19-20(16)23-21(24-22)26-19/h2-10H,11H2,1H3,(H,23,24). The van der Waals surface area contributed by atoms with E-state index in [1.54, 1.807) is 18.4 Å². The van der Waals surface area contributed by atoms with Crippen LogP contribution in [-0.2, 0) is 6.42 Å². The van der Waals surface area contributed by atoms with Crippen molar-refractivity contribution in [2.24, 2.45) is 0 Å². The van der Waals surface area contributed by atoms with Crippen molar-refractivity contribution in [2.75, 3.05) is 10.6 Å². The van der Waals surface area contributed by atoms with Crippen molar-refractivity contribution in [1.29, 1.82) is 0 Å². The Morgan fingerprint density at radius 3 is 2.62 bits per heavy atom. The molecule has 3 nitrogen and oxygen atoms in total. The molecule has 0 fully saturated rings. The van der Waals surface area contributed by atoms with Crippen LogP contribution in [0.1, 0.15) is 10.4 Å². The number of rotatable bonds is 3. The Bertz CT molecular complexity index is 1150. The number of thiazole rings is 1. The van der Waals surface area contributed by atoms with Gasteiger partial charge in [-0.15, -0.1) is 11.3 Å². The Kier molecular flexibility index (Phi) is 3.86. The number of nitrogens with zero attached hydrogens (tertiary/aromatic N) is 1. The van der Waals surface area contributed by atoms with E-state index in [-0.39, 0.29) is 0 Å². The van der Waals surface area contributed by atoms with Gasteiger partial charge in [-0.05, 0) is 40.1 Å². The zero-order valence-electron chi connectivity index (χ0n) is 14.0. The molecule has 0 saturated heterocycles. The van der Waals surface area contributed by atoms with Crippen LogP contribution in [0.3, 0.4) is 0 Å². The quantitative estimate of drug-likeness (QED) is 0.248. The highest BCUT2D eigenvalue weighted by atomic mass is 127. The SMILES string of the molecule is COc1cc2ccccc2cc1-c1ccc2c(c1)Cc1sc(NI)nc1-2. The fourth-order valence-electron chi connectivity index (χ4n) is 3.65. The van der Waals surface area contributed by atoms with Crippen LogP contribution >= 0.6 is 34.2 Å². The lowest BCUT2D eigenvalue weighted by Crippen LogP contribution is -1.90. The lowest BCUT2D eigenvalue weighted by atomic mass is 9.97. The van der Waals surface area contributed by atoms with Gasteiger partial charge in [0.1, 0.15) is 5.75 Å². The van der Waals surface area contributed by atoms with E-state index in [0.717, 1.165) is 28.6 Å². The molecule has 4 aromatic rings. The molecule has 1 N–H and O–H groups in total. The summed E-state index contributed by atoms with van der Waals surface area (Å²) < 4.78 is 8.80. The van der Waals surface area contributed by atoms with Crippen LogP contribution in [0.25, 0.3) is 33.2 Å². The Balaban J connectivity index is 1.63. The third-order valence-electron chi connectivity index (χ3n) is 4.87. The van der Waals surface area contributed by atoms with E-state index in [9.17, 15) is 0 Å². The molecule has 0 spiro atoms. The Labute approximate surface area is 169 Å². The highest BCUT2D eigenvalue weighted by molar-refractivity contribution is 14.1. The first-order valence-electron chi connectivity index (χ1n) is 8.33. The minimum Gasteiger partial charge on any atom is -0.496 e. The lowest BCUT2D eigenvalue weighted by Gasteiger charge is -2.12. The maximum Gasteiger partial charge on any atom is 0.192 e. The van der Waals surface area contributed by atoms with Crippen LogP contribution < -0.4 is 8.27 Å². The molecular formula is C21H15IN2OS. The van der Waals surface area contributed by atoms with E-state index < -0.39 is 0 Å². The number of ether oxygens (including phenoxy) is 1. The lowest BCUT2D eigenvalue weighted by molar-refractivity contribution is 0.417. The van der Waals surface area contributed by atoms with Crippen molar-refractivity contribution in [3.8, 4) is 28.1 Å². The Hall–Kier alpha value is -2.12. The first-order chi connectivity index (χ1) is 12.8. The Morgan fingerprint density at radius 2 is 1.85 bits per heavy atom. The number of anilines is 1. The van der Waals surface area contributed by atoms with E-state index in [2.05, 4.69) is 81.0 Å². The molecule has 1 aromatic heterocycles. The number of fused-ring (bicyclic) bond motifs is 4. The largest absolute Gasteiger partial charge is 0.496 e. The van der Waals surface area contributed by atoms with Gasteiger partial charge in [0, 0.05) is 22.4 Å². The molecule has 1 aliphatic rings. The molecule has 26 heavy (non-hydrogen) atoms. The molecule has 5 heteroatoms. The molecule has 0 saturated carbocycles. The van der Waals surface area contributed by atoms with E-state index >= 15 is 0 Å². The smallest absolute Gasteiger partial charge is 0.192 e. The molecule has 0 radical (unpaired) electrons. The van der Waals surface area contributed by atoms with E-state index in [1.807, 2.05) is 0 Å². The molecule has 5 rings (SSSR count). The van der Waals surface area contributed by atoms with Crippen LogP contribution in [0.4, 0.5) is 5.13 Å². The molecule has 0 amide bonds. The van der Waals surface area contributed by atoms with Gasteiger partial charge in [0.15, 0.2) is 5.13 Å². The van der Waals surface area contributed by atoms with Crippen LogP contribution in [0.15, 0.2) is 54.6 Å². The molecular weight excluding hydrogens is 455 g/mol. The van der Waals surface area contributed by atoms with Gasteiger partial charge in [0.2, 0.25) is 0 Å². The molecule has 128 valence electrons. The monoisotopic (exact) mass is 470 g/mol. The van der Waals surface area contributed by atoms with Crippen molar-refractivity contribution in [3.63, 3.8) is 0 Å². The summed E-state index contributed by atoms with van der Waals surface area (Å²) >= 11 is 3.87. The van der Waals surface area contributed by atoms with Crippen LogP contribution in [0.5, 0.6) is 5.75 Å². The van der Waals surface area contributed by atoms with Crippen molar-refractivity contribution >= 4 is 50.1 Å². The van der Waals surface area contributed by atoms with Gasteiger partial charge in [-0.25, -0.2) is 4.98 Å². The predicted molar refractivity (Wildman–Crippen MR) is 117 cm³/mol. The second-order valence-electron chi connectivity index (χ2n) is 6.33. The highest BCUT2D eigenvalue weighted by Crippen LogP contribution is 2.44. The third kappa shape index (κ3) is 2.49. The number of halogens is 1. The summed E-state index contributed by atoms with van der Waals surface area (Å²) in [6, 6.07) is 19.4. The minimum atomic E-state index is 0.908. The van der Waals surface area contributed by atoms with Crippen molar-refractivity contribution in [3.05, 3.63) is 65.0 Å². The van der Waals surface area contributed by atoms with Crippen LogP contribution in [-0.4, -0.2) is 12.1 Å². The second-order valence-corrected chi connectivity index (χ2v) is 7.96. The van der Waals surface area contributed by atoms with Crippen molar-refractivity contribution in [2.45, 2.75) is 6.42 Å². The molecule has 3 aromatic carbocycles. The topological polar surface area (TPSA) is 34.1 Å². The van der Waals surface area contributed by atoms with Crippen LogP contribution in [0.2, 0.25) is 0 Å².